The maximum absolute atomic E-state index is 10.7. The Hall–Kier alpha value is -0.320. The number of rotatable bonds is 2. The fourth-order valence-corrected chi connectivity index (χ4v) is 3.01. The van der Waals surface area contributed by atoms with E-state index in [0.717, 1.165) is 26.6 Å². The average Bonchev–Trinajstić information content (AvgIpc) is 2.58. The van der Waals surface area contributed by atoms with Gasteiger partial charge in [-0.1, -0.05) is 15.9 Å². The summed E-state index contributed by atoms with van der Waals surface area (Å²) >= 11 is 9.36. The van der Waals surface area contributed by atoms with Crippen molar-refractivity contribution in [2.24, 2.45) is 0 Å². The van der Waals surface area contributed by atoms with Gasteiger partial charge in [0.25, 0.3) is 0 Å². The minimum Gasteiger partial charge on any atom is -0.298 e. The monoisotopic (exact) mass is 286 g/mol. The number of carbonyl (C=O) groups is 1. The molecule has 2 rings (SSSR count). The molecule has 0 spiro atoms. The first kappa shape index (κ1) is 10.2. The molecule has 0 amide bonds. The van der Waals surface area contributed by atoms with Crippen molar-refractivity contribution < 1.29 is 4.79 Å². The molecule has 0 atom stereocenters. The summed E-state index contributed by atoms with van der Waals surface area (Å²) in [5.74, 6) is 0. The van der Waals surface area contributed by atoms with E-state index < -0.39 is 0 Å². The first-order chi connectivity index (χ1) is 6.74. The van der Waals surface area contributed by atoms with Gasteiger partial charge >= 0.3 is 0 Å². The molecular weight excluding hydrogens is 280 g/mol. The number of hydrogen-bond acceptors (Lipinski definition) is 3. The van der Waals surface area contributed by atoms with Crippen LogP contribution in [0.2, 0.25) is 0 Å². The zero-order valence-electron chi connectivity index (χ0n) is 7.16. The van der Waals surface area contributed by atoms with E-state index in [1.165, 1.54) is 4.88 Å². The van der Waals surface area contributed by atoms with Crippen LogP contribution >= 0.6 is 39.9 Å². The van der Waals surface area contributed by atoms with Crippen LogP contribution in [0, 0.1) is 0 Å². The summed E-state index contributed by atoms with van der Waals surface area (Å²) in [6, 6.07) is 5.94. The Kier molecular flexibility index (Phi) is 2.95. The highest BCUT2D eigenvalue weighted by molar-refractivity contribution is 9.08. The lowest BCUT2D eigenvalue weighted by Gasteiger charge is -1.96. The quantitative estimate of drug-likeness (QED) is 0.503. The van der Waals surface area contributed by atoms with Crippen LogP contribution in [0.4, 0.5) is 0 Å². The molecule has 4 heteroatoms. The van der Waals surface area contributed by atoms with Crippen LogP contribution in [-0.4, -0.2) is 6.29 Å². The topological polar surface area (TPSA) is 17.1 Å². The summed E-state index contributed by atoms with van der Waals surface area (Å²) in [6.07, 6.45) is 0.843. The van der Waals surface area contributed by atoms with Crippen molar-refractivity contribution in [3.63, 3.8) is 0 Å². The third-order valence-corrected chi connectivity index (χ3v) is 4.44. The Morgan fingerprint density at radius 2 is 2.21 bits per heavy atom. The van der Waals surface area contributed by atoms with Gasteiger partial charge in [0.2, 0.25) is 0 Å². The molecule has 0 radical (unpaired) electrons. The fourth-order valence-electron chi connectivity index (χ4n) is 1.31. The van der Waals surface area contributed by atoms with Gasteiger partial charge < -0.3 is 0 Å². The van der Waals surface area contributed by atoms with Crippen molar-refractivity contribution in [2.45, 2.75) is 10.2 Å². The summed E-state index contributed by atoms with van der Waals surface area (Å²) in [6.45, 7) is 0. The molecule has 2 aromatic rings. The second-order valence-electron chi connectivity index (χ2n) is 2.91. The lowest BCUT2D eigenvalue weighted by molar-refractivity contribution is 0.112. The molecule has 0 fully saturated rings. The van der Waals surface area contributed by atoms with Crippen LogP contribution in [0.3, 0.4) is 0 Å². The summed E-state index contributed by atoms with van der Waals surface area (Å²) in [4.78, 5) is 12.7. The van der Waals surface area contributed by atoms with E-state index >= 15 is 0 Å². The van der Waals surface area contributed by atoms with E-state index in [0.29, 0.717) is 5.56 Å². The van der Waals surface area contributed by atoms with Crippen LogP contribution < -0.4 is 0 Å². The molecule has 0 saturated heterocycles. The summed E-state index contributed by atoms with van der Waals surface area (Å²) < 4.78 is 1.14. The summed E-state index contributed by atoms with van der Waals surface area (Å²) in [7, 11) is 0. The van der Waals surface area contributed by atoms with Crippen LogP contribution in [0.15, 0.2) is 23.1 Å². The average molecular weight is 287 g/mol. The second kappa shape index (κ2) is 4.04. The molecule has 0 aliphatic rings. The van der Waals surface area contributed by atoms with Gasteiger partial charge in [0.05, 0.1) is 0 Å². The zero-order valence-corrected chi connectivity index (χ0v) is 10.5. The number of hydrogen-bond donors (Lipinski definition) is 1. The third kappa shape index (κ3) is 1.74. The predicted octanol–water partition coefficient (Wildman–Crippen LogP) is 3.90. The third-order valence-electron chi connectivity index (χ3n) is 1.98. The highest BCUT2D eigenvalue weighted by Gasteiger charge is 2.04. The molecule has 72 valence electrons. The molecule has 0 bridgehead atoms. The van der Waals surface area contributed by atoms with Crippen molar-refractivity contribution in [3.8, 4) is 0 Å². The lowest BCUT2D eigenvalue weighted by Crippen LogP contribution is -1.80. The van der Waals surface area contributed by atoms with Crippen molar-refractivity contribution in [1.82, 2.24) is 0 Å². The van der Waals surface area contributed by atoms with Crippen LogP contribution in [0.5, 0.6) is 0 Å². The normalized spacial score (nSPS) is 10.7. The van der Waals surface area contributed by atoms with Crippen molar-refractivity contribution in [3.05, 3.63) is 28.6 Å². The minimum atomic E-state index is 0.656. The van der Waals surface area contributed by atoms with E-state index in [4.69, 9.17) is 0 Å². The van der Waals surface area contributed by atoms with Crippen molar-refractivity contribution >= 4 is 56.3 Å². The Bertz CT molecular complexity index is 490. The molecule has 1 heterocycles. The maximum Gasteiger partial charge on any atom is 0.151 e. The molecule has 0 unspecified atom stereocenters. The number of aldehydes is 1. The molecule has 1 nitrogen and oxygen atoms in total. The number of carbonyl (C=O) groups excluding carboxylic acids is 1. The largest absolute Gasteiger partial charge is 0.298 e. The summed E-state index contributed by atoms with van der Waals surface area (Å²) in [5.41, 5.74) is 0.656. The van der Waals surface area contributed by atoms with E-state index in [2.05, 4.69) is 34.6 Å². The van der Waals surface area contributed by atoms with Gasteiger partial charge in [0, 0.05) is 25.4 Å². The van der Waals surface area contributed by atoms with Gasteiger partial charge in [-0.25, -0.2) is 0 Å². The van der Waals surface area contributed by atoms with Gasteiger partial charge in [-0.15, -0.1) is 24.0 Å². The zero-order chi connectivity index (χ0) is 10.1. The molecule has 0 aliphatic heterocycles. The molecule has 0 N–H and O–H groups in total. The van der Waals surface area contributed by atoms with Crippen LogP contribution in [0.25, 0.3) is 10.1 Å². The van der Waals surface area contributed by atoms with Crippen molar-refractivity contribution in [1.29, 1.82) is 0 Å². The Morgan fingerprint density at radius 1 is 1.43 bits per heavy atom. The van der Waals surface area contributed by atoms with Crippen LogP contribution in [0.1, 0.15) is 15.2 Å². The van der Waals surface area contributed by atoms with E-state index in [1.807, 2.05) is 12.1 Å². The molecule has 0 aliphatic carbocycles. The van der Waals surface area contributed by atoms with E-state index in [9.17, 15) is 4.79 Å². The Balaban J connectivity index is 2.69. The lowest BCUT2D eigenvalue weighted by atomic mass is 10.2. The van der Waals surface area contributed by atoms with E-state index in [1.54, 1.807) is 11.3 Å². The van der Waals surface area contributed by atoms with Crippen LogP contribution in [-0.2, 0) is 5.33 Å². The first-order valence-corrected chi connectivity index (χ1v) is 6.39. The van der Waals surface area contributed by atoms with Gasteiger partial charge in [-0.3, -0.25) is 4.79 Å². The smallest absolute Gasteiger partial charge is 0.151 e. The second-order valence-corrected chi connectivity index (χ2v) is 5.12. The number of fused-ring (bicyclic) bond motifs is 1. The van der Waals surface area contributed by atoms with Gasteiger partial charge in [0.15, 0.2) is 6.29 Å². The number of thiol groups is 1. The molecular formula is C10H7BrOS2. The number of thiophene rings is 1. The molecule has 1 aromatic carbocycles. The maximum atomic E-state index is 10.7. The Morgan fingerprint density at radius 3 is 2.86 bits per heavy atom. The Labute approximate surface area is 99.7 Å². The minimum absolute atomic E-state index is 0.656. The SMILES string of the molecule is O=Cc1cc2sc(CBr)cc2cc1S. The number of alkyl halides is 1. The highest BCUT2D eigenvalue weighted by Crippen LogP contribution is 2.30. The van der Waals surface area contributed by atoms with Gasteiger partial charge in [-0.2, -0.15) is 0 Å². The van der Waals surface area contributed by atoms with E-state index in [-0.39, 0.29) is 0 Å². The predicted molar refractivity (Wildman–Crippen MR) is 67.1 cm³/mol. The fraction of sp³-hybridized carbons (Fsp3) is 0.100. The highest BCUT2D eigenvalue weighted by atomic mass is 79.9. The van der Waals surface area contributed by atoms with Gasteiger partial charge in [0.1, 0.15) is 0 Å². The number of benzene rings is 1. The van der Waals surface area contributed by atoms with Crippen molar-refractivity contribution in [2.75, 3.05) is 0 Å². The summed E-state index contributed by atoms with van der Waals surface area (Å²) in [5, 5.41) is 2.00. The molecule has 0 saturated carbocycles. The first-order valence-electron chi connectivity index (χ1n) is 4.01. The molecule has 1 aromatic heterocycles. The standard InChI is InChI=1S/C10H7BrOS2/c11-4-8-1-6-2-9(13)7(5-12)3-10(6)14-8/h1-3,5,13H,4H2. The van der Waals surface area contributed by atoms with Gasteiger partial charge in [-0.05, 0) is 23.6 Å². The number of halogens is 1. The molecule has 14 heavy (non-hydrogen) atoms.